The van der Waals surface area contributed by atoms with Crippen molar-refractivity contribution in [3.8, 4) is 0 Å². The standard InChI is InChI=1S/C13H19BrN2O2S/c1-15-8-6-12(7-9-15)16(2)19(17,18)13-5-3-4-11(14)10-13/h3-5,10,12H,6-9H2,1-2H3. The molecule has 19 heavy (non-hydrogen) atoms. The van der Waals surface area contributed by atoms with Crippen molar-refractivity contribution < 1.29 is 8.42 Å². The van der Waals surface area contributed by atoms with E-state index in [0.29, 0.717) is 4.90 Å². The molecule has 1 aliphatic rings. The number of piperidine rings is 1. The van der Waals surface area contributed by atoms with Crippen LogP contribution in [-0.4, -0.2) is 50.8 Å². The molecule has 4 nitrogen and oxygen atoms in total. The van der Waals surface area contributed by atoms with Gasteiger partial charge in [-0.05, 0) is 51.2 Å². The molecule has 1 fully saturated rings. The zero-order valence-electron chi connectivity index (χ0n) is 11.2. The minimum absolute atomic E-state index is 0.0974. The third-order valence-electron chi connectivity index (χ3n) is 3.68. The van der Waals surface area contributed by atoms with Crippen molar-refractivity contribution in [2.45, 2.75) is 23.8 Å². The molecular weight excluding hydrogens is 328 g/mol. The summed E-state index contributed by atoms with van der Waals surface area (Å²) >= 11 is 3.32. The Labute approximate surface area is 123 Å². The number of rotatable bonds is 3. The van der Waals surface area contributed by atoms with Crippen LogP contribution in [0.25, 0.3) is 0 Å². The summed E-state index contributed by atoms with van der Waals surface area (Å²) < 4.78 is 27.4. The molecule has 0 amide bonds. The molecule has 0 aliphatic carbocycles. The lowest BCUT2D eigenvalue weighted by Gasteiger charge is -2.34. The second-order valence-corrected chi connectivity index (χ2v) is 7.93. The number of halogens is 1. The normalized spacial score (nSPS) is 18.9. The van der Waals surface area contributed by atoms with Crippen molar-refractivity contribution in [2.24, 2.45) is 0 Å². The average Bonchev–Trinajstić information content (AvgIpc) is 2.39. The van der Waals surface area contributed by atoms with E-state index < -0.39 is 10.0 Å². The minimum atomic E-state index is -3.39. The Morgan fingerprint density at radius 3 is 2.53 bits per heavy atom. The maximum atomic E-state index is 12.6. The predicted octanol–water partition coefficient (Wildman–Crippen LogP) is 2.16. The highest BCUT2D eigenvalue weighted by Gasteiger charge is 2.30. The molecule has 0 radical (unpaired) electrons. The van der Waals surface area contributed by atoms with Crippen LogP contribution in [0, 0.1) is 0 Å². The van der Waals surface area contributed by atoms with Crippen LogP contribution in [-0.2, 0) is 10.0 Å². The van der Waals surface area contributed by atoms with Gasteiger partial charge in [0.15, 0.2) is 0 Å². The van der Waals surface area contributed by atoms with Gasteiger partial charge in [0, 0.05) is 17.6 Å². The number of nitrogens with zero attached hydrogens (tertiary/aromatic N) is 2. The van der Waals surface area contributed by atoms with Gasteiger partial charge in [-0.1, -0.05) is 22.0 Å². The molecule has 0 unspecified atom stereocenters. The maximum absolute atomic E-state index is 12.6. The molecule has 1 aliphatic heterocycles. The summed E-state index contributed by atoms with van der Waals surface area (Å²) in [5.74, 6) is 0. The first-order valence-electron chi connectivity index (χ1n) is 6.33. The van der Waals surface area contributed by atoms with Gasteiger partial charge in [0.25, 0.3) is 0 Å². The SMILES string of the molecule is CN1CCC(N(C)S(=O)(=O)c2cccc(Br)c2)CC1. The largest absolute Gasteiger partial charge is 0.306 e. The minimum Gasteiger partial charge on any atom is -0.306 e. The maximum Gasteiger partial charge on any atom is 0.243 e. The van der Waals surface area contributed by atoms with Gasteiger partial charge in [-0.15, -0.1) is 0 Å². The summed E-state index contributed by atoms with van der Waals surface area (Å²) in [6.45, 7) is 1.89. The fourth-order valence-electron chi connectivity index (χ4n) is 2.35. The van der Waals surface area contributed by atoms with Gasteiger partial charge >= 0.3 is 0 Å². The third-order valence-corrected chi connectivity index (χ3v) is 6.07. The topological polar surface area (TPSA) is 40.6 Å². The van der Waals surface area contributed by atoms with Crippen molar-refractivity contribution in [1.29, 1.82) is 0 Å². The molecule has 0 saturated carbocycles. The Morgan fingerprint density at radius 2 is 1.95 bits per heavy atom. The Kier molecular flexibility index (Phi) is 4.66. The van der Waals surface area contributed by atoms with Gasteiger partial charge in [-0.2, -0.15) is 4.31 Å². The van der Waals surface area contributed by atoms with Crippen LogP contribution < -0.4 is 0 Å². The van der Waals surface area contributed by atoms with Crippen LogP contribution in [0.5, 0.6) is 0 Å². The van der Waals surface area contributed by atoms with Crippen LogP contribution in [0.15, 0.2) is 33.6 Å². The zero-order valence-corrected chi connectivity index (χ0v) is 13.6. The average molecular weight is 347 g/mol. The number of hydrogen-bond donors (Lipinski definition) is 0. The number of sulfonamides is 1. The van der Waals surface area contributed by atoms with E-state index in [-0.39, 0.29) is 6.04 Å². The van der Waals surface area contributed by atoms with Crippen molar-refractivity contribution in [3.63, 3.8) is 0 Å². The van der Waals surface area contributed by atoms with E-state index in [1.807, 2.05) is 6.07 Å². The zero-order chi connectivity index (χ0) is 14.0. The number of hydrogen-bond acceptors (Lipinski definition) is 3. The molecule has 1 aromatic rings. The van der Waals surface area contributed by atoms with Gasteiger partial charge < -0.3 is 4.90 Å². The van der Waals surface area contributed by atoms with Crippen LogP contribution in [0.4, 0.5) is 0 Å². The number of likely N-dealkylation sites (tertiary alicyclic amines) is 1. The lowest BCUT2D eigenvalue weighted by atomic mass is 10.1. The van der Waals surface area contributed by atoms with E-state index in [1.165, 1.54) is 4.31 Å². The molecule has 1 aromatic carbocycles. The fraction of sp³-hybridized carbons (Fsp3) is 0.538. The van der Waals surface area contributed by atoms with Crippen molar-refractivity contribution in [3.05, 3.63) is 28.7 Å². The lowest BCUT2D eigenvalue weighted by molar-refractivity contribution is 0.197. The molecule has 1 heterocycles. The van der Waals surface area contributed by atoms with E-state index in [4.69, 9.17) is 0 Å². The summed E-state index contributed by atoms with van der Waals surface area (Å²) in [6.07, 6.45) is 1.78. The second kappa shape index (κ2) is 5.91. The molecule has 1 saturated heterocycles. The molecule has 0 spiro atoms. The monoisotopic (exact) mass is 346 g/mol. The molecule has 0 atom stereocenters. The van der Waals surface area contributed by atoms with Gasteiger partial charge in [-0.3, -0.25) is 0 Å². The summed E-state index contributed by atoms with van der Waals surface area (Å²) in [5.41, 5.74) is 0. The van der Waals surface area contributed by atoms with Crippen molar-refractivity contribution in [2.75, 3.05) is 27.2 Å². The van der Waals surface area contributed by atoms with Gasteiger partial charge in [0.2, 0.25) is 10.0 Å². The smallest absolute Gasteiger partial charge is 0.243 e. The summed E-state index contributed by atoms with van der Waals surface area (Å²) in [7, 11) is 0.361. The highest BCUT2D eigenvalue weighted by Crippen LogP contribution is 2.24. The summed E-state index contributed by atoms with van der Waals surface area (Å²) in [4.78, 5) is 2.58. The van der Waals surface area contributed by atoms with E-state index in [1.54, 1.807) is 25.2 Å². The molecule has 0 N–H and O–H groups in total. The predicted molar refractivity (Wildman–Crippen MR) is 79.6 cm³/mol. The highest BCUT2D eigenvalue weighted by molar-refractivity contribution is 9.10. The summed E-state index contributed by atoms with van der Waals surface area (Å²) in [5, 5.41) is 0. The lowest BCUT2D eigenvalue weighted by Crippen LogP contribution is -2.44. The van der Waals surface area contributed by atoms with Gasteiger partial charge in [-0.25, -0.2) is 8.42 Å². The van der Waals surface area contributed by atoms with E-state index in [9.17, 15) is 8.42 Å². The van der Waals surface area contributed by atoms with Crippen LogP contribution in [0.3, 0.4) is 0 Å². The molecule has 2 rings (SSSR count). The fourth-order valence-corrected chi connectivity index (χ4v) is 4.36. The first kappa shape index (κ1) is 15.0. The van der Waals surface area contributed by atoms with Crippen molar-refractivity contribution in [1.82, 2.24) is 9.21 Å². The van der Waals surface area contributed by atoms with Crippen molar-refractivity contribution >= 4 is 26.0 Å². The molecule has 6 heteroatoms. The molecule has 0 aromatic heterocycles. The van der Waals surface area contributed by atoms with E-state index >= 15 is 0 Å². The van der Waals surface area contributed by atoms with E-state index in [2.05, 4.69) is 27.9 Å². The summed E-state index contributed by atoms with van der Waals surface area (Å²) in [6, 6.07) is 6.97. The highest BCUT2D eigenvalue weighted by atomic mass is 79.9. The molecule has 0 bridgehead atoms. The van der Waals surface area contributed by atoms with E-state index in [0.717, 1.165) is 30.4 Å². The Balaban J connectivity index is 2.20. The van der Waals surface area contributed by atoms with Crippen LogP contribution in [0.2, 0.25) is 0 Å². The van der Waals surface area contributed by atoms with Gasteiger partial charge in [0.1, 0.15) is 0 Å². The number of benzene rings is 1. The first-order chi connectivity index (χ1) is 8.91. The second-order valence-electron chi connectivity index (χ2n) is 5.01. The Morgan fingerprint density at radius 1 is 1.32 bits per heavy atom. The quantitative estimate of drug-likeness (QED) is 0.841. The molecule has 106 valence electrons. The third kappa shape index (κ3) is 3.37. The first-order valence-corrected chi connectivity index (χ1v) is 8.57. The Bertz CT molecular complexity index is 539. The van der Waals surface area contributed by atoms with Gasteiger partial charge in [0.05, 0.1) is 4.90 Å². The van der Waals surface area contributed by atoms with Crippen LogP contribution in [0.1, 0.15) is 12.8 Å². The Hall–Kier alpha value is -0.430. The van der Waals surface area contributed by atoms with Crippen LogP contribution >= 0.6 is 15.9 Å². The molecular formula is C13H19BrN2O2S.